The summed E-state index contributed by atoms with van der Waals surface area (Å²) in [4.78, 5) is 0. The lowest BCUT2D eigenvalue weighted by atomic mass is 10.2. The van der Waals surface area contributed by atoms with Crippen LogP contribution in [0.15, 0.2) is 56.5 Å². The van der Waals surface area contributed by atoms with Crippen LogP contribution in [0.2, 0.25) is 0 Å². The maximum Gasteiger partial charge on any atom is 0.216 e. The molecule has 2 N–H and O–H groups in total. The molecule has 0 unspecified atom stereocenters. The Bertz CT molecular complexity index is 911. The molecule has 0 atom stereocenters. The molecule has 0 aliphatic heterocycles. The quantitative estimate of drug-likeness (QED) is 0.445. The van der Waals surface area contributed by atoms with Crippen molar-refractivity contribution in [2.75, 3.05) is 0 Å². The van der Waals surface area contributed by atoms with Crippen molar-refractivity contribution < 1.29 is 5.11 Å². The van der Waals surface area contributed by atoms with E-state index in [1.54, 1.807) is 23.0 Å². The largest absolute Gasteiger partial charge is 0.506 e. The van der Waals surface area contributed by atoms with E-state index in [0.717, 1.165) is 11.1 Å². The fraction of sp³-hybridized carbons (Fsp3) is 0. The second-order valence-electron chi connectivity index (χ2n) is 4.61. The van der Waals surface area contributed by atoms with Crippen molar-refractivity contribution >= 4 is 50.3 Å². The number of aromatic nitrogens is 3. The Morgan fingerprint density at radius 1 is 1.17 bits per heavy atom. The van der Waals surface area contributed by atoms with E-state index in [2.05, 4.69) is 47.2 Å². The number of H-pyrrole nitrogens is 1. The molecule has 3 aromatic rings. The summed E-state index contributed by atoms with van der Waals surface area (Å²) in [6, 6.07) is 13.2. The molecule has 116 valence electrons. The van der Waals surface area contributed by atoms with E-state index in [1.165, 1.54) is 0 Å². The third-order valence-corrected chi connectivity index (χ3v) is 4.52. The number of rotatable bonds is 3. The minimum Gasteiger partial charge on any atom is -0.506 e. The highest BCUT2D eigenvalue weighted by Gasteiger charge is 2.08. The highest BCUT2D eigenvalue weighted by molar-refractivity contribution is 9.11. The van der Waals surface area contributed by atoms with Gasteiger partial charge in [0.05, 0.1) is 15.2 Å². The van der Waals surface area contributed by atoms with Crippen molar-refractivity contribution in [1.29, 1.82) is 0 Å². The molecule has 0 fully saturated rings. The fourth-order valence-corrected chi connectivity index (χ4v) is 3.36. The van der Waals surface area contributed by atoms with Crippen molar-refractivity contribution in [3.05, 3.63) is 61.7 Å². The van der Waals surface area contributed by atoms with Crippen molar-refractivity contribution in [2.24, 2.45) is 5.10 Å². The summed E-state index contributed by atoms with van der Waals surface area (Å²) in [5.41, 5.74) is 1.70. The number of nitrogens with one attached hydrogen (secondary N) is 1. The first-order chi connectivity index (χ1) is 11.1. The molecule has 0 aliphatic rings. The standard InChI is InChI=1S/C15H10Br2N4OS/c16-11-6-9(7-12(17)13(11)22)8-18-21-14(19-20-15(21)23)10-4-2-1-3-5-10/h1-8,22H,(H,20,23)/b18-8-. The van der Waals surface area contributed by atoms with E-state index in [1.807, 2.05) is 30.3 Å². The van der Waals surface area contributed by atoms with Gasteiger partial charge in [-0.2, -0.15) is 14.9 Å². The Kier molecular flexibility index (Phi) is 4.74. The Morgan fingerprint density at radius 2 is 1.83 bits per heavy atom. The third kappa shape index (κ3) is 3.44. The predicted octanol–water partition coefficient (Wildman–Crippen LogP) is 4.72. The average molecular weight is 454 g/mol. The first kappa shape index (κ1) is 16.1. The molecule has 0 spiro atoms. The van der Waals surface area contributed by atoms with Crippen molar-refractivity contribution in [3.63, 3.8) is 0 Å². The van der Waals surface area contributed by atoms with Crippen LogP contribution in [0.25, 0.3) is 11.4 Å². The number of hydrogen-bond acceptors (Lipinski definition) is 4. The van der Waals surface area contributed by atoms with E-state index in [4.69, 9.17) is 12.2 Å². The highest BCUT2D eigenvalue weighted by atomic mass is 79.9. The molecular formula is C15H10Br2N4OS. The van der Waals surface area contributed by atoms with Crippen LogP contribution < -0.4 is 0 Å². The van der Waals surface area contributed by atoms with E-state index < -0.39 is 0 Å². The molecule has 0 saturated heterocycles. The molecule has 0 bridgehead atoms. The van der Waals surface area contributed by atoms with E-state index in [0.29, 0.717) is 19.5 Å². The molecule has 0 saturated carbocycles. The summed E-state index contributed by atoms with van der Waals surface area (Å²) in [5.74, 6) is 0.774. The van der Waals surface area contributed by atoms with Gasteiger partial charge in [0, 0.05) is 5.56 Å². The Hall–Kier alpha value is -1.77. The van der Waals surface area contributed by atoms with Gasteiger partial charge >= 0.3 is 0 Å². The molecule has 0 aliphatic carbocycles. The van der Waals surface area contributed by atoms with Crippen molar-refractivity contribution in [3.8, 4) is 17.1 Å². The van der Waals surface area contributed by atoms with Crippen LogP contribution >= 0.6 is 44.1 Å². The molecule has 1 aromatic heterocycles. The monoisotopic (exact) mass is 452 g/mol. The first-order valence-electron chi connectivity index (χ1n) is 6.51. The Balaban J connectivity index is 2.01. The van der Waals surface area contributed by atoms with Gasteiger partial charge in [-0.05, 0) is 61.8 Å². The number of aromatic hydroxyl groups is 1. The van der Waals surface area contributed by atoms with Gasteiger partial charge in [-0.1, -0.05) is 30.3 Å². The van der Waals surface area contributed by atoms with Gasteiger partial charge in [-0.25, -0.2) is 5.10 Å². The zero-order valence-corrected chi connectivity index (χ0v) is 15.6. The fourth-order valence-electron chi connectivity index (χ4n) is 1.96. The normalized spacial score (nSPS) is 11.2. The van der Waals surface area contributed by atoms with E-state index in [9.17, 15) is 5.11 Å². The molecule has 0 radical (unpaired) electrons. The van der Waals surface area contributed by atoms with Gasteiger partial charge < -0.3 is 5.11 Å². The van der Waals surface area contributed by atoms with Gasteiger partial charge in [-0.3, -0.25) is 0 Å². The highest BCUT2D eigenvalue weighted by Crippen LogP contribution is 2.32. The predicted molar refractivity (Wildman–Crippen MR) is 99.3 cm³/mol. The van der Waals surface area contributed by atoms with Gasteiger partial charge in [0.25, 0.3) is 0 Å². The Labute approximate surface area is 153 Å². The average Bonchev–Trinajstić information content (AvgIpc) is 2.92. The van der Waals surface area contributed by atoms with E-state index in [-0.39, 0.29) is 5.75 Å². The summed E-state index contributed by atoms with van der Waals surface area (Å²) < 4.78 is 3.11. The summed E-state index contributed by atoms with van der Waals surface area (Å²) in [5, 5.41) is 21.1. The number of nitrogens with zero attached hydrogens (tertiary/aromatic N) is 3. The lowest BCUT2D eigenvalue weighted by Gasteiger charge is -2.03. The number of benzene rings is 2. The van der Waals surface area contributed by atoms with Crippen LogP contribution in [0.3, 0.4) is 0 Å². The van der Waals surface area contributed by atoms with Gasteiger partial charge in [0.2, 0.25) is 4.77 Å². The summed E-state index contributed by atoms with van der Waals surface area (Å²) in [6.45, 7) is 0. The molecule has 5 nitrogen and oxygen atoms in total. The molecule has 0 amide bonds. The molecule has 3 rings (SSSR count). The van der Waals surface area contributed by atoms with Crippen LogP contribution in [0.5, 0.6) is 5.75 Å². The number of hydrogen-bond donors (Lipinski definition) is 2. The number of phenols is 1. The minimum atomic E-state index is 0.145. The smallest absolute Gasteiger partial charge is 0.216 e. The second kappa shape index (κ2) is 6.77. The lowest BCUT2D eigenvalue weighted by molar-refractivity contribution is 0.468. The number of aromatic amines is 1. The third-order valence-electron chi connectivity index (χ3n) is 3.04. The van der Waals surface area contributed by atoms with E-state index >= 15 is 0 Å². The summed E-state index contributed by atoms with van der Waals surface area (Å²) >= 11 is 11.8. The van der Waals surface area contributed by atoms with Crippen LogP contribution in [-0.4, -0.2) is 26.2 Å². The SMILES string of the molecule is Oc1c(Br)cc(/C=N\n2c(-c3ccccc3)n[nH]c2=S)cc1Br. The van der Waals surface area contributed by atoms with Crippen molar-refractivity contribution in [2.45, 2.75) is 0 Å². The van der Waals surface area contributed by atoms with Crippen LogP contribution in [0.1, 0.15) is 5.56 Å². The zero-order chi connectivity index (χ0) is 16.4. The second-order valence-corrected chi connectivity index (χ2v) is 6.70. The number of halogens is 2. The minimum absolute atomic E-state index is 0.145. The molecule has 2 aromatic carbocycles. The van der Waals surface area contributed by atoms with Crippen LogP contribution in [-0.2, 0) is 0 Å². The van der Waals surface area contributed by atoms with Gasteiger partial charge in [-0.15, -0.1) is 0 Å². The molecule has 1 heterocycles. The molecular weight excluding hydrogens is 444 g/mol. The molecule has 23 heavy (non-hydrogen) atoms. The van der Waals surface area contributed by atoms with Crippen LogP contribution in [0, 0.1) is 4.77 Å². The van der Waals surface area contributed by atoms with Gasteiger partial charge in [0.15, 0.2) is 5.82 Å². The maximum absolute atomic E-state index is 9.74. The Morgan fingerprint density at radius 3 is 2.48 bits per heavy atom. The lowest BCUT2D eigenvalue weighted by Crippen LogP contribution is -1.95. The van der Waals surface area contributed by atoms with Gasteiger partial charge in [0.1, 0.15) is 5.75 Å². The summed E-state index contributed by atoms with van der Waals surface area (Å²) in [6.07, 6.45) is 1.65. The van der Waals surface area contributed by atoms with Crippen molar-refractivity contribution in [1.82, 2.24) is 14.9 Å². The van der Waals surface area contributed by atoms with Crippen LogP contribution in [0.4, 0.5) is 0 Å². The first-order valence-corrected chi connectivity index (χ1v) is 8.51. The summed E-state index contributed by atoms with van der Waals surface area (Å²) in [7, 11) is 0. The molecule has 8 heteroatoms. The number of phenolic OH excluding ortho intramolecular Hbond substituents is 1. The topological polar surface area (TPSA) is 66.2 Å². The maximum atomic E-state index is 9.74. The zero-order valence-electron chi connectivity index (χ0n) is 11.6.